The average Bonchev–Trinajstić information content (AvgIpc) is 3.30. The number of carbonyl (C=O) groups excluding carboxylic acids is 1. The molecule has 5 rings (SSSR count). The second kappa shape index (κ2) is 7.73. The number of rotatable bonds is 4. The molecule has 150 valence electrons. The average molecular weight is 460 g/mol. The lowest BCUT2D eigenvalue weighted by atomic mass is 10.1. The lowest BCUT2D eigenvalue weighted by molar-refractivity contribution is -0.117. The monoisotopic (exact) mass is 459 g/mol. The van der Waals surface area contributed by atoms with Crippen molar-refractivity contribution in [3.63, 3.8) is 0 Å². The van der Waals surface area contributed by atoms with Gasteiger partial charge < -0.3 is 9.47 Å². The first kappa shape index (κ1) is 19.1. The molecule has 1 atom stereocenters. The maximum atomic E-state index is 12.9. The molecule has 0 N–H and O–H groups in total. The summed E-state index contributed by atoms with van der Waals surface area (Å²) in [5, 5.41) is 0. The summed E-state index contributed by atoms with van der Waals surface area (Å²) in [5.74, 6) is 1.22. The highest BCUT2D eigenvalue weighted by Crippen LogP contribution is 2.34. The van der Waals surface area contributed by atoms with Crippen molar-refractivity contribution < 1.29 is 4.79 Å². The van der Waals surface area contributed by atoms with Crippen LogP contribution in [0.3, 0.4) is 0 Å². The summed E-state index contributed by atoms with van der Waals surface area (Å²) in [4.78, 5) is 19.7. The molecule has 3 aromatic carbocycles. The predicted octanol–water partition coefficient (Wildman–Crippen LogP) is 5.68. The Hall–Kier alpha value is -2.92. The Bertz CT molecular complexity index is 1230. The molecular formula is C25H22BrN3O. The number of hydrogen-bond acceptors (Lipinski definition) is 2. The van der Waals surface area contributed by atoms with Crippen LogP contribution >= 0.6 is 15.9 Å². The van der Waals surface area contributed by atoms with Crippen LogP contribution in [0.2, 0.25) is 0 Å². The summed E-state index contributed by atoms with van der Waals surface area (Å²) in [7, 11) is 0. The fourth-order valence-electron chi connectivity index (χ4n) is 4.27. The molecular weight excluding hydrogens is 438 g/mol. The highest BCUT2D eigenvalue weighted by molar-refractivity contribution is 9.10. The molecule has 0 unspecified atom stereocenters. The van der Waals surface area contributed by atoms with Crippen molar-refractivity contribution >= 4 is 38.6 Å². The van der Waals surface area contributed by atoms with Crippen LogP contribution in [-0.2, 0) is 11.3 Å². The molecule has 1 fully saturated rings. The number of fused-ring (bicyclic) bond motifs is 1. The second-order valence-corrected chi connectivity index (χ2v) is 8.83. The van der Waals surface area contributed by atoms with Crippen LogP contribution in [0.15, 0.2) is 77.3 Å². The van der Waals surface area contributed by atoms with E-state index in [0.717, 1.165) is 39.1 Å². The zero-order valence-electron chi connectivity index (χ0n) is 16.8. The van der Waals surface area contributed by atoms with E-state index >= 15 is 0 Å². The van der Waals surface area contributed by atoms with Gasteiger partial charge in [0.15, 0.2) is 0 Å². The summed E-state index contributed by atoms with van der Waals surface area (Å²) in [6.07, 6.45) is 0.484. The lowest BCUT2D eigenvalue weighted by Crippen LogP contribution is -2.24. The number of nitrogens with zero attached hydrogens (tertiary/aromatic N) is 3. The van der Waals surface area contributed by atoms with Gasteiger partial charge >= 0.3 is 0 Å². The quantitative estimate of drug-likeness (QED) is 0.393. The summed E-state index contributed by atoms with van der Waals surface area (Å²) in [6.45, 7) is 3.45. The van der Waals surface area contributed by atoms with E-state index in [1.807, 2.05) is 35.2 Å². The zero-order chi connectivity index (χ0) is 20.7. The molecule has 1 aliphatic rings. The minimum Gasteiger partial charge on any atom is -0.323 e. The van der Waals surface area contributed by atoms with Crippen LogP contribution in [0.4, 0.5) is 5.69 Å². The van der Waals surface area contributed by atoms with E-state index in [0.29, 0.717) is 13.0 Å². The number of halogens is 1. The molecule has 0 spiro atoms. The van der Waals surface area contributed by atoms with E-state index < -0.39 is 0 Å². The molecule has 0 aliphatic carbocycles. The SMILES string of the molecule is Cc1cccc(N2C[C@H](c3nc4ccccc4n3Cc3ccc(Br)cc3)CC2=O)c1. The van der Waals surface area contributed by atoms with Crippen LogP contribution in [0.1, 0.15) is 29.3 Å². The standard InChI is InChI=1S/C25H22BrN3O/c1-17-5-4-6-21(13-17)28-16-19(14-24(28)30)25-27-22-7-2-3-8-23(22)29(25)15-18-9-11-20(26)12-10-18/h2-13,19H,14-16H2,1H3/t19-/m1/s1. The van der Waals surface area contributed by atoms with E-state index in [2.05, 4.69) is 69.9 Å². The number of amides is 1. The summed E-state index contributed by atoms with van der Waals surface area (Å²) >= 11 is 3.51. The summed E-state index contributed by atoms with van der Waals surface area (Å²) < 4.78 is 3.34. The first-order chi connectivity index (χ1) is 14.6. The van der Waals surface area contributed by atoms with E-state index in [1.165, 1.54) is 5.56 Å². The van der Waals surface area contributed by atoms with Crippen molar-refractivity contribution in [1.82, 2.24) is 9.55 Å². The topological polar surface area (TPSA) is 38.1 Å². The Morgan fingerprint density at radius 3 is 2.63 bits per heavy atom. The van der Waals surface area contributed by atoms with Crippen molar-refractivity contribution in [2.24, 2.45) is 0 Å². The molecule has 0 bridgehead atoms. The molecule has 0 saturated carbocycles. The molecule has 30 heavy (non-hydrogen) atoms. The van der Waals surface area contributed by atoms with Gasteiger partial charge in [-0.15, -0.1) is 0 Å². The fourth-order valence-corrected chi connectivity index (χ4v) is 4.53. The van der Waals surface area contributed by atoms with Gasteiger partial charge in [0.1, 0.15) is 5.82 Å². The molecule has 1 amide bonds. The van der Waals surface area contributed by atoms with Gasteiger partial charge in [-0.25, -0.2) is 4.98 Å². The van der Waals surface area contributed by atoms with Crippen molar-refractivity contribution in [1.29, 1.82) is 0 Å². The highest BCUT2D eigenvalue weighted by atomic mass is 79.9. The van der Waals surface area contributed by atoms with Crippen molar-refractivity contribution in [3.8, 4) is 0 Å². The predicted molar refractivity (Wildman–Crippen MR) is 124 cm³/mol. The number of aryl methyl sites for hydroxylation is 1. The number of hydrogen-bond donors (Lipinski definition) is 0. The Morgan fingerprint density at radius 2 is 1.83 bits per heavy atom. The maximum Gasteiger partial charge on any atom is 0.227 e. The molecule has 2 heterocycles. The van der Waals surface area contributed by atoms with Gasteiger partial charge in [-0.3, -0.25) is 4.79 Å². The number of para-hydroxylation sites is 2. The van der Waals surface area contributed by atoms with E-state index in [9.17, 15) is 4.79 Å². The highest BCUT2D eigenvalue weighted by Gasteiger charge is 2.34. The third-order valence-electron chi connectivity index (χ3n) is 5.74. The third kappa shape index (κ3) is 3.54. The third-order valence-corrected chi connectivity index (χ3v) is 6.27. The van der Waals surface area contributed by atoms with Crippen LogP contribution in [0, 0.1) is 6.92 Å². The first-order valence-corrected chi connectivity index (χ1v) is 10.9. The largest absolute Gasteiger partial charge is 0.323 e. The van der Waals surface area contributed by atoms with Crippen molar-refractivity contribution in [2.45, 2.75) is 25.8 Å². The van der Waals surface area contributed by atoms with Crippen LogP contribution in [-0.4, -0.2) is 22.0 Å². The number of benzene rings is 3. The Morgan fingerprint density at radius 1 is 1.03 bits per heavy atom. The first-order valence-electron chi connectivity index (χ1n) is 10.1. The molecule has 4 nitrogen and oxygen atoms in total. The van der Waals surface area contributed by atoms with E-state index in [1.54, 1.807) is 0 Å². The fraction of sp³-hybridized carbons (Fsp3) is 0.200. The van der Waals surface area contributed by atoms with Gasteiger partial charge in [-0.05, 0) is 54.4 Å². The Kier molecular flexibility index (Phi) is 4.91. The second-order valence-electron chi connectivity index (χ2n) is 7.92. The van der Waals surface area contributed by atoms with Gasteiger partial charge in [0.2, 0.25) is 5.91 Å². The normalized spacial score (nSPS) is 16.5. The Labute approximate surface area is 184 Å². The van der Waals surface area contributed by atoms with Gasteiger partial charge in [-0.2, -0.15) is 0 Å². The molecule has 1 aromatic heterocycles. The van der Waals surface area contributed by atoms with Gasteiger partial charge in [0, 0.05) is 35.6 Å². The maximum absolute atomic E-state index is 12.9. The number of imidazole rings is 1. The lowest BCUT2D eigenvalue weighted by Gasteiger charge is -2.18. The van der Waals surface area contributed by atoms with Crippen molar-refractivity contribution in [3.05, 3.63) is 94.2 Å². The number of anilines is 1. The van der Waals surface area contributed by atoms with Crippen LogP contribution in [0.25, 0.3) is 11.0 Å². The minimum atomic E-state index is 0.0702. The van der Waals surface area contributed by atoms with E-state index in [4.69, 9.17) is 4.98 Å². The number of carbonyl (C=O) groups is 1. The molecule has 5 heteroatoms. The number of aromatic nitrogens is 2. The molecule has 4 aromatic rings. The minimum absolute atomic E-state index is 0.0702. The zero-order valence-corrected chi connectivity index (χ0v) is 18.3. The van der Waals surface area contributed by atoms with Gasteiger partial charge in [0.25, 0.3) is 0 Å². The Balaban J connectivity index is 1.52. The van der Waals surface area contributed by atoms with Gasteiger partial charge in [0.05, 0.1) is 11.0 Å². The molecule has 0 radical (unpaired) electrons. The van der Waals surface area contributed by atoms with Crippen molar-refractivity contribution in [2.75, 3.05) is 11.4 Å². The van der Waals surface area contributed by atoms with Crippen LogP contribution < -0.4 is 4.90 Å². The molecule has 1 aliphatic heterocycles. The molecule has 1 saturated heterocycles. The van der Waals surface area contributed by atoms with E-state index in [-0.39, 0.29) is 11.8 Å². The van der Waals surface area contributed by atoms with Crippen LogP contribution in [0.5, 0.6) is 0 Å². The summed E-state index contributed by atoms with van der Waals surface area (Å²) in [6, 6.07) is 24.7. The van der Waals surface area contributed by atoms with Gasteiger partial charge in [-0.1, -0.05) is 52.3 Å². The smallest absolute Gasteiger partial charge is 0.227 e. The summed E-state index contributed by atoms with van der Waals surface area (Å²) in [5.41, 5.74) is 5.43.